The highest BCUT2D eigenvalue weighted by atomic mass is 16.7. The number of hydrogen-bond donors (Lipinski definition) is 1. The minimum absolute atomic E-state index is 0.0274. The van der Waals surface area contributed by atoms with Crippen LogP contribution in [0.2, 0.25) is 0 Å². The van der Waals surface area contributed by atoms with Gasteiger partial charge in [0.2, 0.25) is 6.79 Å². The van der Waals surface area contributed by atoms with Crippen LogP contribution in [0.4, 0.5) is 0 Å². The SMILES string of the molecule is CC(N)c1ccc(Oc2ccc3c(c2)OCO3)cc1. The summed E-state index contributed by atoms with van der Waals surface area (Å²) in [4.78, 5) is 0. The summed E-state index contributed by atoms with van der Waals surface area (Å²) in [6.45, 7) is 2.22. The van der Waals surface area contributed by atoms with Crippen molar-refractivity contribution in [2.75, 3.05) is 6.79 Å². The third kappa shape index (κ3) is 2.48. The van der Waals surface area contributed by atoms with Crippen molar-refractivity contribution in [3.8, 4) is 23.0 Å². The van der Waals surface area contributed by atoms with E-state index in [1.165, 1.54) is 0 Å². The van der Waals surface area contributed by atoms with Gasteiger partial charge in [0.1, 0.15) is 11.5 Å². The van der Waals surface area contributed by atoms with E-state index in [2.05, 4.69) is 0 Å². The minimum Gasteiger partial charge on any atom is -0.457 e. The fraction of sp³-hybridized carbons (Fsp3) is 0.200. The largest absolute Gasteiger partial charge is 0.457 e. The molecule has 0 spiro atoms. The molecule has 2 aromatic carbocycles. The molecule has 1 atom stereocenters. The second-order valence-electron chi connectivity index (χ2n) is 4.47. The van der Waals surface area contributed by atoms with Crippen molar-refractivity contribution in [2.45, 2.75) is 13.0 Å². The van der Waals surface area contributed by atoms with Gasteiger partial charge in [0.25, 0.3) is 0 Å². The van der Waals surface area contributed by atoms with Crippen LogP contribution in [-0.4, -0.2) is 6.79 Å². The third-order valence-corrected chi connectivity index (χ3v) is 2.99. The number of hydrogen-bond acceptors (Lipinski definition) is 4. The molecule has 2 aromatic rings. The van der Waals surface area contributed by atoms with Gasteiger partial charge in [-0.25, -0.2) is 0 Å². The smallest absolute Gasteiger partial charge is 0.231 e. The molecule has 0 aromatic heterocycles. The van der Waals surface area contributed by atoms with E-state index < -0.39 is 0 Å². The molecule has 1 aliphatic heterocycles. The maximum atomic E-state index is 5.81. The molecule has 0 amide bonds. The van der Waals surface area contributed by atoms with Gasteiger partial charge in [-0.3, -0.25) is 0 Å². The summed E-state index contributed by atoms with van der Waals surface area (Å²) in [5.41, 5.74) is 6.89. The van der Waals surface area contributed by atoms with Crippen molar-refractivity contribution in [3.63, 3.8) is 0 Å². The van der Waals surface area contributed by atoms with Crippen molar-refractivity contribution in [2.24, 2.45) is 5.73 Å². The Morgan fingerprint density at radius 2 is 1.68 bits per heavy atom. The zero-order chi connectivity index (χ0) is 13.2. The molecule has 4 heteroatoms. The van der Waals surface area contributed by atoms with Crippen LogP contribution in [0.25, 0.3) is 0 Å². The molecule has 0 aliphatic carbocycles. The van der Waals surface area contributed by atoms with Crippen LogP contribution in [-0.2, 0) is 0 Å². The van der Waals surface area contributed by atoms with Crippen LogP contribution in [0.5, 0.6) is 23.0 Å². The Labute approximate surface area is 111 Å². The molecule has 0 saturated carbocycles. The molecular weight excluding hydrogens is 242 g/mol. The normalized spacial score (nSPS) is 14.2. The van der Waals surface area contributed by atoms with Gasteiger partial charge in [-0.1, -0.05) is 12.1 Å². The summed E-state index contributed by atoms with van der Waals surface area (Å²) in [6.07, 6.45) is 0. The van der Waals surface area contributed by atoms with Crippen LogP contribution in [0.1, 0.15) is 18.5 Å². The van der Waals surface area contributed by atoms with Crippen LogP contribution in [0.15, 0.2) is 42.5 Å². The Hall–Kier alpha value is -2.20. The molecule has 1 heterocycles. The number of rotatable bonds is 3. The topological polar surface area (TPSA) is 53.7 Å². The fourth-order valence-corrected chi connectivity index (χ4v) is 1.92. The molecule has 0 radical (unpaired) electrons. The molecule has 0 fully saturated rings. The van der Waals surface area contributed by atoms with Gasteiger partial charge in [-0.05, 0) is 36.8 Å². The zero-order valence-electron chi connectivity index (χ0n) is 10.6. The maximum Gasteiger partial charge on any atom is 0.231 e. The van der Waals surface area contributed by atoms with E-state index in [-0.39, 0.29) is 12.8 Å². The van der Waals surface area contributed by atoms with E-state index in [1.54, 1.807) is 0 Å². The quantitative estimate of drug-likeness (QED) is 0.917. The van der Waals surface area contributed by atoms with Crippen molar-refractivity contribution >= 4 is 0 Å². The van der Waals surface area contributed by atoms with Gasteiger partial charge in [0, 0.05) is 12.1 Å². The molecule has 98 valence electrons. The van der Waals surface area contributed by atoms with Crippen LogP contribution in [0, 0.1) is 0 Å². The molecule has 0 bridgehead atoms. The lowest BCUT2D eigenvalue weighted by Gasteiger charge is -2.09. The predicted octanol–water partition coefficient (Wildman–Crippen LogP) is 3.23. The van der Waals surface area contributed by atoms with E-state index in [0.717, 1.165) is 22.8 Å². The lowest BCUT2D eigenvalue weighted by Crippen LogP contribution is -2.04. The fourth-order valence-electron chi connectivity index (χ4n) is 1.92. The first-order valence-electron chi connectivity index (χ1n) is 6.15. The third-order valence-electron chi connectivity index (χ3n) is 2.99. The van der Waals surface area contributed by atoms with Crippen molar-refractivity contribution in [3.05, 3.63) is 48.0 Å². The molecule has 1 aliphatic rings. The van der Waals surface area contributed by atoms with E-state index >= 15 is 0 Å². The molecule has 4 nitrogen and oxygen atoms in total. The van der Waals surface area contributed by atoms with E-state index in [0.29, 0.717) is 5.75 Å². The standard InChI is InChI=1S/C15H15NO3/c1-10(16)11-2-4-12(5-3-11)19-13-6-7-14-15(8-13)18-9-17-14/h2-8,10H,9,16H2,1H3. The highest BCUT2D eigenvalue weighted by molar-refractivity contribution is 5.48. The van der Waals surface area contributed by atoms with Crippen LogP contribution in [0.3, 0.4) is 0 Å². The Kier molecular flexibility index (Phi) is 3.01. The highest BCUT2D eigenvalue weighted by Gasteiger charge is 2.13. The zero-order valence-corrected chi connectivity index (χ0v) is 10.6. The average Bonchev–Trinajstić information content (AvgIpc) is 2.87. The van der Waals surface area contributed by atoms with Gasteiger partial charge in [-0.15, -0.1) is 0 Å². The lowest BCUT2D eigenvalue weighted by atomic mass is 10.1. The Morgan fingerprint density at radius 1 is 1.00 bits per heavy atom. The van der Waals surface area contributed by atoms with Crippen LogP contribution >= 0.6 is 0 Å². The summed E-state index contributed by atoms with van der Waals surface area (Å²) in [5.74, 6) is 2.95. The van der Waals surface area contributed by atoms with Gasteiger partial charge in [0.05, 0.1) is 0 Å². The molecule has 0 saturated heterocycles. The van der Waals surface area contributed by atoms with E-state index in [1.807, 2.05) is 49.4 Å². The van der Waals surface area contributed by atoms with Crippen molar-refractivity contribution < 1.29 is 14.2 Å². The first-order chi connectivity index (χ1) is 9.22. The van der Waals surface area contributed by atoms with Crippen LogP contribution < -0.4 is 19.9 Å². The van der Waals surface area contributed by atoms with Gasteiger partial charge < -0.3 is 19.9 Å². The molecule has 19 heavy (non-hydrogen) atoms. The summed E-state index contributed by atoms with van der Waals surface area (Å²) >= 11 is 0. The van der Waals surface area contributed by atoms with Gasteiger partial charge >= 0.3 is 0 Å². The second kappa shape index (κ2) is 4.82. The summed E-state index contributed by atoms with van der Waals surface area (Å²) in [7, 11) is 0. The number of nitrogens with two attached hydrogens (primary N) is 1. The maximum absolute atomic E-state index is 5.81. The molecule has 1 unspecified atom stereocenters. The summed E-state index contributed by atoms with van der Waals surface area (Å²) < 4.78 is 16.3. The first-order valence-corrected chi connectivity index (χ1v) is 6.15. The molecule has 3 rings (SSSR count). The van der Waals surface area contributed by atoms with Gasteiger partial charge in [-0.2, -0.15) is 0 Å². The highest BCUT2D eigenvalue weighted by Crippen LogP contribution is 2.36. The van der Waals surface area contributed by atoms with Crippen molar-refractivity contribution in [1.29, 1.82) is 0 Å². The van der Waals surface area contributed by atoms with E-state index in [4.69, 9.17) is 19.9 Å². The van der Waals surface area contributed by atoms with Crippen molar-refractivity contribution in [1.82, 2.24) is 0 Å². The predicted molar refractivity (Wildman–Crippen MR) is 71.7 cm³/mol. The summed E-state index contributed by atoms with van der Waals surface area (Å²) in [5, 5.41) is 0. The number of benzene rings is 2. The monoisotopic (exact) mass is 257 g/mol. The second-order valence-corrected chi connectivity index (χ2v) is 4.47. The Bertz CT molecular complexity index is 578. The minimum atomic E-state index is 0.0274. The lowest BCUT2D eigenvalue weighted by molar-refractivity contribution is 0.174. The average molecular weight is 257 g/mol. The first kappa shape index (κ1) is 11.9. The number of fused-ring (bicyclic) bond motifs is 1. The molecular formula is C15H15NO3. The Balaban J connectivity index is 1.77. The number of ether oxygens (including phenoxy) is 3. The van der Waals surface area contributed by atoms with E-state index in [9.17, 15) is 0 Å². The summed E-state index contributed by atoms with van der Waals surface area (Å²) in [6, 6.07) is 13.3. The molecule has 2 N–H and O–H groups in total. The Morgan fingerprint density at radius 3 is 2.42 bits per heavy atom. The van der Waals surface area contributed by atoms with Gasteiger partial charge in [0.15, 0.2) is 11.5 Å².